The zero-order valence-electron chi connectivity index (χ0n) is 9.13. The van der Waals surface area contributed by atoms with E-state index in [9.17, 15) is 9.18 Å². The van der Waals surface area contributed by atoms with Crippen LogP contribution in [0.1, 0.15) is 12.5 Å². The molecule has 0 aromatic heterocycles. The summed E-state index contributed by atoms with van der Waals surface area (Å²) in [6, 6.07) is 4.90. The van der Waals surface area contributed by atoms with E-state index in [1.54, 1.807) is 13.0 Å². The number of hydrogen-bond acceptors (Lipinski definition) is 3. The van der Waals surface area contributed by atoms with Crippen LogP contribution in [0.2, 0.25) is 0 Å². The summed E-state index contributed by atoms with van der Waals surface area (Å²) in [6.45, 7) is 2.60. The lowest BCUT2D eigenvalue weighted by Gasteiger charge is -2.24. The lowest BCUT2D eigenvalue weighted by molar-refractivity contribution is -0.147. The molecule has 16 heavy (non-hydrogen) atoms. The van der Waals surface area contributed by atoms with Gasteiger partial charge in [0.25, 0.3) is 0 Å². The van der Waals surface area contributed by atoms with Gasteiger partial charge in [-0.25, -0.2) is 4.39 Å². The Hall–Kier alpha value is -1.58. The van der Waals surface area contributed by atoms with Gasteiger partial charge >= 0.3 is 5.97 Å². The molecule has 3 nitrogen and oxygen atoms in total. The standard InChI is InChI=1S/C12H14FNO2/c1-2-16-12(15)9-6-8-4-3-5-10(13)11(8)14-7-9/h3-5,9,14H,2,6-7H2,1H3/t9-/m0/s1. The Kier molecular flexibility index (Phi) is 3.08. The summed E-state index contributed by atoms with van der Waals surface area (Å²) in [5, 5.41) is 2.94. The van der Waals surface area contributed by atoms with Gasteiger partial charge in [0.2, 0.25) is 0 Å². The van der Waals surface area contributed by atoms with Gasteiger partial charge in [0, 0.05) is 6.54 Å². The number of ether oxygens (including phenoxy) is 1. The molecule has 1 aliphatic heterocycles. The van der Waals surface area contributed by atoms with Gasteiger partial charge in [-0.15, -0.1) is 0 Å². The summed E-state index contributed by atoms with van der Waals surface area (Å²) in [6.07, 6.45) is 0.541. The largest absolute Gasteiger partial charge is 0.466 e. The maximum absolute atomic E-state index is 13.4. The van der Waals surface area contributed by atoms with Gasteiger partial charge < -0.3 is 10.1 Å². The minimum absolute atomic E-state index is 0.214. The molecule has 1 aromatic carbocycles. The minimum atomic E-state index is -0.264. The molecule has 1 heterocycles. The summed E-state index contributed by atoms with van der Waals surface area (Å²) >= 11 is 0. The summed E-state index contributed by atoms with van der Waals surface area (Å²) in [5.74, 6) is -0.695. The lowest BCUT2D eigenvalue weighted by atomic mass is 9.94. The van der Waals surface area contributed by atoms with Gasteiger partial charge in [0.05, 0.1) is 18.2 Å². The molecule has 0 aliphatic carbocycles. The first-order chi connectivity index (χ1) is 7.72. The molecule has 0 saturated heterocycles. The molecule has 86 valence electrons. The predicted octanol–water partition coefficient (Wildman–Crippen LogP) is 1.97. The normalized spacial score (nSPS) is 18.5. The molecule has 2 rings (SSSR count). The number of fused-ring (bicyclic) bond motifs is 1. The van der Waals surface area contributed by atoms with Gasteiger partial charge in [-0.1, -0.05) is 12.1 Å². The molecule has 1 N–H and O–H groups in total. The van der Waals surface area contributed by atoms with Crippen LogP contribution in [0.4, 0.5) is 10.1 Å². The Bertz CT molecular complexity index is 406. The van der Waals surface area contributed by atoms with Crippen LogP contribution in [0.5, 0.6) is 0 Å². The van der Waals surface area contributed by atoms with Crippen molar-refractivity contribution in [2.45, 2.75) is 13.3 Å². The molecule has 0 spiro atoms. The number of halogens is 1. The quantitative estimate of drug-likeness (QED) is 0.779. The van der Waals surface area contributed by atoms with Crippen LogP contribution in [-0.2, 0) is 16.0 Å². The third-order valence-corrected chi connectivity index (χ3v) is 2.71. The van der Waals surface area contributed by atoms with Crippen LogP contribution >= 0.6 is 0 Å². The van der Waals surface area contributed by atoms with E-state index in [0.29, 0.717) is 25.3 Å². The smallest absolute Gasteiger partial charge is 0.311 e. The number of carbonyl (C=O) groups excluding carboxylic acids is 1. The van der Waals surface area contributed by atoms with Crippen LogP contribution in [0.25, 0.3) is 0 Å². The molecule has 0 fully saturated rings. The van der Waals surface area contributed by atoms with Crippen LogP contribution < -0.4 is 5.32 Å². The Balaban J connectivity index is 2.15. The number of nitrogens with one attached hydrogen (secondary N) is 1. The maximum Gasteiger partial charge on any atom is 0.311 e. The highest BCUT2D eigenvalue weighted by Crippen LogP contribution is 2.27. The molecule has 1 atom stereocenters. The number of benzene rings is 1. The van der Waals surface area contributed by atoms with E-state index < -0.39 is 0 Å². The van der Waals surface area contributed by atoms with E-state index in [1.807, 2.05) is 6.07 Å². The highest BCUT2D eigenvalue weighted by molar-refractivity contribution is 5.75. The average Bonchev–Trinajstić information content (AvgIpc) is 2.29. The van der Waals surface area contributed by atoms with Crippen molar-refractivity contribution < 1.29 is 13.9 Å². The van der Waals surface area contributed by atoms with Crippen molar-refractivity contribution in [2.24, 2.45) is 5.92 Å². The summed E-state index contributed by atoms with van der Waals surface area (Å²) in [4.78, 5) is 11.5. The fourth-order valence-electron chi connectivity index (χ4n) is 1.93. The van der Waals surface area contributed by atoms with Gasteiger partial charge in [0.1, 0.15) is 5.82 Å². The first-order valence-corrected chi connectivity index (χ1v) is 5.40. The summed E-state index contributed by atoms with van der Waals surface area (Å²) < 4.78 is 18.3. The lowest BCUT2D eigenvalue weighted by Crippen LogP contribution is -2.31. The second-order valence-electron chi connectivity index (χ2n) is 3.81. The number of rotatable bonds is 2. The molecular weight excluding hydrogens is 209 g/mol. The average molecular weight is 223 g/mol. The van der Waals surface area contributed by atoms with Gasteiger partial charge in [0.15, 0.2) is 0 Å². The Labute approximate surface area is 93.6 Å². The maximum atomic E-state index is 13.4. The van der Waals surface area contributed by atoms with E-state index in [4.69, 9.17) is 4.74 Å². The van der Waals surface area contributed by atoms with Crippen molar-refractivity contribution in [3.63, 3.8) is 0 Å². The Morgan fingerprint density at radius 3 is 3.19 bits per heavy atom. The Morgan fingerprint density at radius 2 is 2.44 bits per heavy atom. The Morgan fingerprint density at radius 1 is 1.62 bits per heavy atom. The molecular formula is C12H14FNO2. The molecule has 0 bridgehead atoms. The van der Waals surface area contributed by atoms with Crippen molar-refractivity contribution in [3.8, 4) is 0 Å². The summed E-state index contributed by atoms with van der Waals surface area (Å²) in [5.41, 5.74) is 1.35. The molecule has 0 radical (unpaired) electrons. The second kappa shape index (κ2) is 4.51. The van der Waals surface area contributed by atoms with E-state index in [-0.39, 0.29) is 17.7 Å². The fourth-order valence-corrected chi connectivity index (χ4v) is 1.93. The highest BCUT2D eigenvalue weighted by atomic mass is 19.1. The van der Waals surface area contributed by atoms with Crippen LogP contribution in [-0.4, -0.2) is 19.1 Å². The second-order valence-corrected chi connectivity index (χ2v) is 3.81. The van der Waals surface area contributed by atoms with Crippen molar-refractivity contribution in [1.82, 2.24) is 0 Å². The topological polar surface area (TPSA) is 38.3 Å². The van der Waals surface area contributed by atoms with E-state index in [0.717, 1.165) is 5.56 Å². The van der Waals surface area contributed by atoms with Gasteiger partial charge in [-0.05, 0) is 25.0 Å². The molecule has 4 heteroatoms. The van der Waals surface area contributed by atoms with Gasteiger partial charge in [-0.3, -0.25) is 4.79 Å². The molecule has 0 saturated carbocycles. The number of esters is 1. The molecule has 0 amide bonds. The number of anilines is 1. The monoisotopic (exact) mass is 223 g/mol. The van der Waals surface area contributed by atoms with Crippen molar-refractivity contribution in [1.29, 1.82) is 0 Å². The van der Waals surface area contributed by atoms with E-state index in [1.165, 1.54) is 6.07 Å². The van der Waals surface area contributed by atoms with E-state index in [2.05, 4.69) is 5.32 Å². The zero-order valence-corrected chi connectivity index (χ0v) is 9.13. The van der Waals surface area contributed by atoms with Crippen LogP contribution in [0.15, 0.2) is 18.2 Å². The fraction of sp³-hybridized carbons (Fsp3) is 0.417. The van der Waals surface area contributed by atoms with Gasteiger partial charge in [-0.2, -0.15) is 0 Å². The van der Waals surface area contributed by atoms with Crippen molar-refractivity contribution in [2.75, 3.05) is 18.5 Å². The molecule has 0 unspecified atom stereocenters. The minimum Gasteiger partial charge on any atom is -0.466 e. The number of hydrogen-bond donors (Lipinski definition) is 1. The van der Waals surface area contributed by atoms with Crippen LogP contribution in [0.3, 0.4) is 0 Å². The SMILES string of the molecule is CCOC(=O)[C@@H]1CNc2c(F)cccc2C1. The zero-order chi connectivity index (χ0) is 11.5. The van der Waals surface area contributed by atoms with E-state index >= 15 is 0 Å². The summed E-state index contributed by atoms with van der Waals surface area (Å²) in [7, 11) is 0. The number of para-hydroxylation sites is 1. The third-order valence-electron chi connectivity index (χ3n) is 2.71. The first kappa shape index (κ1) is 10.9. The van der Waals surface area contributed by atoms with Crippen LogP contribution in [0, 0.1) is 11.7 Å². The number of carbonyl (C=O) groups is 1. The third kappa shape index (κ3) is 2.01. The van der Waals surface area contributed by atoms with Crippen molar-refractivity contribution >= 4 is 11.7 Å². The predicted molar refractivity (Wildman–Crippen MR) is 58.7 cm³/mol. The molecule has 1 aromatic rings. The molecule has 1 aliphatic rings. The van der Waals surface area contributed by atoms with Crippen molar-refractivity contribution in [3.05, 3.63) is 29.6 Å². The highest BCUT2D eigenvalue weighted by Gasteiger charge is 2.26. The first-order valence-electron chi connectivity index (χ1n) is 5.40.